The number of hydrogen-bond acceptors (Lipinski definition) is 6. The molecule has 0 bridgehead atoms. The Bertz CT molecular complexity index is 585. The van der Waals surface area contributed by atoms with Crippen LogP contribution in [-0.2, 0) is 0 Å². The fraction of sp³-hybridized carbons (Fsp3) is 0.375. The van der Waals surface area contributed by atoms with Crippen molar-refractivity contribution in [1.29, 1.82) is 0 Å². The van der Waals surface area contributed by atoms with Crippen LogP contribution in [0.4, 0.5) is 11.5 Å². The standard InChI is InChI=1S/C16H23N5O/c1-17-13-5-7-14(8-6-13)22-16-11-15(18-12-19-16)21(4)10-9-20(2)3/h5-8,11-12,17H,9-10H2,1-4H3. The van der Waals surface area contributed by atoms with Crippen LogP contribution in [0.25, 0.3) is 0 Å². The first-order valence-corrected chi connectivity index (χ1v) is 7.22. The Balaban J connectivity index is 2.03. The van der Waals surface area contributed by atoms with Crippen molar-refractivity contribution in [3.63, 3.8) is 0 Å². The van der Waals surface area contributed by atoms with Crippen molar-refractivity contribution in [3.05, 3.63) is 36.7 Å². The molecule has 0 saturated carbocycles. The summed E-state index contributed by atoms with van der Waals surface area (Å²) < 4.78 is 5.78. The quantitative estimate of drug-likeness (QED) is 0.847. The van der Waals surface area contributed by atoms with E-state index in [0.717, 1.165) is 30.3 Å². The van der Waals surface area contributed by atoms with Crippen LogP contribution in [0.5, 0.6) is 11.6 Å². The molecule has 0 unspecified atom stereocenters. The van der Waals surface area contributed by atoms with Crippen molar-refractivity contribution in [1.82, 2.24) is 14.9 Å². The molecule has 0 radical (unpaired) electrons. The van der Waals surface area contributed by atoms with Crippen LogP contribution in [0.1, 0.15) is 0 Å². The van der Waals surface area contributed by atoms with Crippen LogP contribution in [0.2, 0.25) is 0 Å². The predicted molar refractivity (Wildman–Crippen MR) is 89.9 cm³/mol. The number of anilines is 2. The molecule has 0 saturated heterocycles. The van der Waals surface area contributed by atoms with Gasteiger partial charge in [0.25, 0.3) is 0 Å². The number of nitrogens with one attached hydrogen (secondary N) is 1. The molecule has 0 aliphatic heterocycles. The zero-order chi connectivity index (χ0) is 15.9. The second-order valence-electron chi connectivity index (χ2n) is 5.32. The topological polar surface area (TPSA) is 53.5 Å². The van der Waals surface area contributed by atoms with Gasteiger partial charge in [-0.2, -0.15) is 0 Å². The maximum Gasteiger partial charge on any atom is 0.224 e. The summed E-state index contributed by atoms with van der Waals surface area (Å²) in [7, 11) is 8.00. The van der Waals surface area contributed by atoms with Gasteiger partial charge >= 0.3 is 0 Å². The zero-order valence-corrected chi connectivity index (χ0v) is 13.6. The highest BCUT2D eigenvalue weighted by atomic mass is 16.5. The minimum atomic E-state index is 0.541. The van der Waals surface area contributed by atoms with Crippen molar-refractivity contribution in [3.8, 4) is 11.6 Å². The number of ether oxygens (including phenoxy) is 1. The molecule has 0 spiro atoms. The first-order valence-electron chi connectivity index (χ1n) is 7.22. The van der Waals surface area contributed by atoms with Crippen molar-refractivity contribution in [2.45, 2.75) is 0 Å². The van der Waals surface area contributed by atoms with Gasteiger partial charge in [0, 0.05) is 38.9 Å². The molecule has 0 amide bonds. The lowest BCUT2D eigenvalue weighted by molar-refractivity contribution is 0.416. The number of rotatable bonds is 7. The Labute approximate surface area is 131 Å². The molecule has 2 rings (SSSR count). The second-order valence-corrected chi connectivity index (χ2v) is 5.32. The van der Waals surface area contributed by atoms with E-state index in [1.807, 2.05) is 44.4 Å². The van der Waals surface area contributed by atoms with Gasteiger partial charge in [0.05, 0.1) is 0 Å². The molecule has 1 heterocycles. The first-order chi connectivity index (χ1) is 10.6. The molecule has 0 aliphatic carbocycles. The molecule has 0 aliphatic rings. The van der Waals surface area contributed by atoms with Gasteiger partial charge in [-0.1, -0.05) is 0 Å². The van der Waals surface area contributed by atoms with E-state index >= 15 is 0 Å². The fourth-order valence-corrected chi connectivity index (χ4v) is 1.87. The zero-order valence-electron chi connectivity index (χ0n) is 13.6. The molecule has 1 aromatic carbocycles. The third-order valence-corrected chi connectivity index (χ3v) is 3.27. The molecule has 1 aromatic heterocycles. The van der Waals surface area contributed by atoms with Gasteiger partial charge in [0.1, 0.15) is 17.9 Å². The lowest BCUT2D eigenvalue weighted by atomic mass is 10.3. The monoisotopic (exact) mass is 301 g/mol. The summed E-state index contributed by atoms with van der Waals surface area (Å²) in [5, 5.41) is 3.07. The number of benzene rings is 1. The van der Waals surface area contributed by atoms with Crippen LogP contribution < -0.4 is 15.0 Å². The summed E-state index contributed by atoms with van der Waals surface area (Å²) in [4.78, 5) is 12.7. The molecule has 6 nitrogen and oxygen atoms in total. The first kappa shape index (κ1) is 16.0. The molecule has 6 heteroatoms. The number of nitrogens with zero attached hydrogens (tertiary/aromatic N) is 4. The molecule has 2 aromatic rings. The van der Waals surface area contributed by atoms with Crippen LogP contribution in [0, 0.1) is 0 Å². The summed E-state index contributed by atoms with van der Waals surface area (Å²) in [6.07, 6.45) is 1.53. The van der Waals surface area contributed by atoms with Gasteiger partial charge < -0.3 is 19.9 Å². The van der Waals surface area contributed by atoms with E-state index in [1.54, 1.807) is 0 Å². The summed E-state index contributed by atoms with van der Waals surface area (Å²) in [5.41, 5.74) is 1.04. The minimum Gasteiger partial charge on any atom is -0.439 e. The lowest BCUT2D eigenvalue weighted by Gasteiger charge is -2.20. The van der Waals surface area contributed by atoms with E-state index < -0.39 is 0 Å². The van der Waals surface area contributed by atoms with E-state index in [0.29, 0.717) is 5.88 Å². The highest BCUT2D eigenvalue weighted by Crippen LogP contribution is 2.23. The Morgan fingerprint density at radius 2 is 1.77 bits per heavy atom. The smallest absolute Gasteiger partial charge is 0.224 e. The average molecular weight is 301 g/mol. The normalized spacial score (nSPS) is 10.6. The molecule has 0 fully saturated rings. The Morgan fingerprint density at radius 1 is 1.05 bits per heavy atom. The van der Waals surface area contributed by atoms with Crippen molar-refractivity contribution >= 4 is 11.5 Å². The summed E-state index contributed by atoms with van der Waals surface area (Å²) in [6, 6.07) is 9.58. The van der Waals surface area contributed by atoms with Gasteiger partial charge in [-0.3, -0.25) is 0 Å². The second kappa shape index (κ2) is 7.61. The average Bonchev–Trinajstić information content (AvgIpc) is 2.53. The van der Waals surface area contributed by atoms with E-state index in [1.165, 1.54) is 6.33 Å². The molecular formula is C16H23N5O. The molecule has 0 atom stereocenters. The molecule has 22 heavy (non-hydrogen) atoms. The van der Waals surface area contributed by atoms with Gasteiger partial charge in [0.15, 0.2) is 0 Å². The summed E-state index contributed by atoms with van der Waals surface area (Å²) in [5.74, 6) is 2.14. The van der Waals surface area contributed by atoms with Crippen LogP contribution >= 0.6 is 0 Å². The van der Waals surface area contributed by atoms with E-state index in [2.05, 4.69) is 39.2 Å². The van der Waals surface area contributed by atoms with Crippen LogP contribution in [-0.4, -0.2) is 56.1 Å². The van der Waals surface area contributed by atoms with Gasteiger partial charge in [-0.15, -0.1) is 0 Å². The largest absolute Gasteiger partial charge is 0.439 e. The number of hydrogen-bond donors (Lipinski definition) is 1. The van der Waals surface area contributed by atoms with Gasteiger partial charge in [0.2, 0.25) is 5.88 Å². The Morgan fingerprint density at radius 3 is 2.41 bits per heavy atom. The maximum absolute atomic E-state index is 5.78. The van der Waals surface area contributed by atoms with Crippen molar-refractivity contribution in [2.75, 3.05) is 51.5 Å². The van der Waals surface area contributed by atoms with E-state index in [-0.39, 0.29) is 0 Å². The third kappa shape index (κ3) is 4.60. The van der Waals surface area contributed by atoms with Crippen molar-refractivity contribution < 1.29 is 4.74 Å². The molecule has 118 valence electrons. The van der Waals surface area contributed by atoms with Crippen molar-refractivity contribution in [2.24, 2.45) is 0 Å². The highest BCUT2D eigenvalue weighted by molar-refractivity contribution is 5.47. The fourth-order valence-electron chi connectivity index (χ4n) is 1.87. The van der Waals surface area contributed by atoms with Gasteiger partial charge in [-0.05, 0) is 38.4 Å². The lowest BCUT2D eigenvalue weighted by Crippen LogP contribution is -2.29. The predicted octanol–water partition coefficient (Wildman–Crippen LogP) is 2.31. The molecular weight excluding hydrogens is 278 g/mol. The summed E-state index contributed by atoms with van der Waals surface area (Å²) >= 11 is 0. The number of likely N-dealkylation sites (N-methyl/N-ethyl adjacent to an activating group) is 2. The molecule has 1 N–H and O–H groups in total. The Hall–Kier alpha value is -2.34. The maximum atomic E-state index is 5.78. The minimum absolute atomic E-state index is 0.541. The summed E-state index contributed by atoms with van der Waals surface area (Å²) in [6.45, 7) is 1.85. The van der Waals surface area contributed by atoms with E-state index in [4.69, 9.17) is 4.74 Å². The SMILES string of the molecule is CNc1ccc(Oc2cc(N(C)CCN(C)C)ncn2)cc1. The number of aromatic nitrogens is 2. The van der Waals surface area contributed by atoms with Gasteiger partial charge in [-0.25, -0.2) is 9.97 Å². The highest BCUT2D eigenvalue weighted by Gasteiger charge is 2.06. The third-order valence-electron chi connectivity index (χ3n) is 3.27. The van der Waals surface area contributed by atoms with E-state index in [9.17, 15) is 0 Å². The Kier molecular flexibility index (Phi) is 5.55. The van der Waals surface area contributed by atoms with Crippen LogP contribution in [0.3, 0.4) is 0 Å². The van der Waals surface area contributed by atoms with Crippen LogP contribution in [0.15, 0.2) is 36.7 Å².